The Morgan fingerprint density at radius 3 is 2.83 bits per heavy atom. The number of carbonyl (C=O) groups excluding carboxylic acids is 2. The highest BCUT2D eigenvalue weighted by atomic mass is 79.9. The molecule has 0 aliphatic carbocycles. The summed E-state index contributed by atoms with van der Waals surface area (Å²) >= 11 is 3.29. The lowest BCUT2D eigenvalue weighted by Crippen LogP contribution is -2.28. The van der Waals surface area contributed by atoms with E-state index in [2.05, 4.69) is 21.1 Å². The van der Waals surface area contributed by atoms with E-state index in [1.165, 1.54) is 11.1 Å². The number of hydrogen-bond acceptors (Lipinski definition) is 4. The van der Waals surface area contributed by atoms with Crippen LogP contribution in [-0.2, 0) is 11.3 Å². The molecule has 18 heavy (non-hydrogen) atoms. The largest absolute Gasteiger partial charge is 0.359 e. The Hall–Kier alpha value is -1.95. The lowest BCUT2D eigenvalue weighted by atomic mass is 10.1. The van der Waals surface area contributed by atoms with Gasteiger partial charge in [-0.15, -0.1) is 0 Å². The van der Waals surface area contributed by atoms with Gasteiger partial charge in [0.15, 0.2) is 5.76 Å². The molecule has 1 aliphatic rings. The number of rotatable bonds is 2. The zero-order valence-electron chi connectivity index (χ0n) is 9.09. The Bertz CT molecular complexity index is 637. The number of carbonyl (C=O) groups is 2. The minimum atomic E-state index is -0.548. The first-order valence-corrected chi connectivity index (χ1v) is 6.02. The predicted octanol–water partition coefficient (Wildman–Crippen LogP) is 2.17. The third kappa shape index (κ3) is 1.57. The summed E-state index contributed by atoms with van der Waals surface area (Å²) in [6, 6.07) is 6.91. The number of benzene rings is 1. The Labute approximate surface area is 110 Å². The topological polar surface area (TPSA) is 63.4 Å². The van der Waals surface area contributed by atoms with Crippen molar-refractivity contribution in [2.75, 3.05) is 4.90 Å². The number of ketones is 1. The second-order valence-corrected chi connectivity index (χ2v) is 4.69. The molecule has 0 saturated carbocycles. The van der Waals surface area contributed by atoms with Gasteiger partial charge in [0, 0.05) is 10.5 Å². The summed E-state index contributed by atoms with van der Waals surface area (Å²) in [6.07, 6.45) is 1.50. The van der Waals surface area contributed by atoms with Crippen LogP contribution in [0, 0.1) is 0 Å². The summed E-state index contributed by atoms with van der Waals surface area (Å²) in [5.41, 5.74) is 0.998. The van der Waals surface area contributed by atoms with E-state index in [0.717, 1.165) is 0 Å². The highest BCUT2D eigenvalue weighted by Gasteiger charge is 2.37. The summed E-state index contributed by atoms with van der Waals surface area (Å²) in [4.78, 5) is 25.2. The van der Waals surface area contributed by atoms with Gasteiger partial charge in [-0.3, -0.25) is 14.5 Å². The summed E-state index contributed by atoms with van der Waals surface area (Å²) in [7, 11) is 0. The van der Waals surface area contributed by atoms with Crippen LogP contribution in [0.1, 0.15) is 16.1 Å². The van der Waals surface area contributed by atoms with Crippen LogP contribution in [0.25, 0.3) is 0 Å². The summed E-state index contributed by atoms with van der Waals surface area (Å²) in [6.45, 7) is 0.202. The maximum absolute atomic E-state index is 11.9. The van der Waals surface area contributed by atoms with Gasteiger partial charge in [-0.1, -0.05) is 11.2 Å². The number of fused-ring (bicyclic) bond motifs is 1. The highest BCUT2D eigenvalue weighted by molar-refractivity contribution is 9.10. The van der Waals surface area contributed by atoms with Gasteiger partial charge in [-0.25, -0.2) is 0 Å². The molecule has 0 fully saturated rings. The highest BCUT2D eigenvalue weighted by Crippen LogP contribution is 2.35. The zero-order chi connectivity index (χ0) is 12.7. The second kappa shape index (κ2) is 4.06. The van der Waals surface area contributed by atoms with Crippen molar-refractivity contribution in [1.29, 1.82) is 0 Å². The maximum Gasteiger partial charge on any atom is 0.299 e. The van der Waals surface area contributed by atoms with Crippen molar-refractivity contribution in [3.63, 3.8) is 0 Å². The van der Waals surface area contributed by atoms with E-state index in [1.807, 2.05) is 0 Å². The predicted molar refractivity (Wildman–Crippen MR) is 66.2 cm³/mol. The van der Waals surface area contributed by atoms with Crippen molar-refractivity contribution in [2.24, 2.45) is 0 Å². The molecule has 0 unspecified atom stereocenters. The lowest BCUT2D eigenvalue weighted by Gasteiger charge is -2.14. The van der Waals surface area contributed by atoms with Crippen molar-refractivity contribution < 1.29 is 14.1 Å². The van der Waals surface area contributed by atoms with Crippen molar-refractivity contribution in [1.82, 2.24) is 5.16 Å². The third-order valence-electron chi connectivity index (χ3n) is 2.75. The van der Waals surface area contributed by atoms with E-state index in [9.17, 15) is 9.59 Å². The Morgan fingerprint density at radius 2 is 2.11 bits per heavy atom. The van der Waals surface area contributed by atoms with Crippen molar-refractivity contribution in [3.8, 4) is 0 Å². The number of hydrogen-bond donors (Lipinski definition) is 0. The van der Waals surface area contributed by atoms with Gasteiger partial charge < -0.3 is 4.52 Å². The van der Waals surface area contributed by atoms with Crippen LogP contribution in [0.2, 0.25) is 0 Å². The molecule has 3 rings (SSSR count). The van der Waals surface area contributed by atoms with Crippen LogP contribution in [0.3, 0.4) is 0 Å². The van der Waals surface area contributed by atoms with Crippen LogP contribution in [-0.4, -0.2) is 16.8 Å². The Morgan fingerprint density at radius 1 is 1.28 bits per heavy atom. The molecule has 5 nitrogen and oxygen atoms in total. The zero-order valence-corrected chi connectivity index (χ0v) is 10.7. The van der Waals surface area contributed by atoms with E-state index in [4.69, 9.17) is 4.52 Å². The molecule has 0 radical (unpaired) electrons. The van der Waals surface area contributed by atoms with Gasteiger partial charge in [0.25, 0.3) is 11.7 Å². The molecule has 1 aromatic carbocycles. The monoisotopic (exact) mass is 306 g/mol. The van der Waals surface area contributed by atoms with Crippen molar-refractivity contribution >= 4 is 33.3 Å². The SMILES string of the molecule is O=C1C(=O)N(Cc2ccno2)c2cccc(Br)c21. The van der Waals surface area contributed by atoms with Gasteiger partial charge in [0.1, 0.15) is 0 Å². The van der Waals surface area contributed by atoms with E-state index in [-0.39, 0.29) is 6.54 Å². The molecule has 0 saturated heterocycles. The van der Waals surface area contributed by atoms with Crippen LogP contribution < -0.4 is 4.90 Å². The lowest BCUT2D eigenvalue weighted by molar-refractivity contribution is -0.114. The van der Waals surface area contributed by atoms with E-state index >= 15 is 0 Å². The van der Waals surface area contributed by atoms with Crippen LogP contribution >= 0.6 is 15.9 Å². The number of Topliss-reactive ketones (excluding diaryl/α,β-unsaturated/α-hetero) is 1. The molecule has 0 spiro atoms. The maximum atomic E-state index is 11.9. The quantitative estimate of drug-likeness (QED) is 0.798. The van der Waals surface area contributed by atoms with Crippen molar-refractivity contribution in [3.05, 3.63) is 46.3 Å². The first-order valence-electron chi connectivity index (χ1n) is 5.23. The number of amides is 1. The first kappa shape index (κ1) is 11.2. The minimum absolute atomic E-state index is 0.202. The average Bonchev–Trinajstić information content (AvgIpc) is 2.94. The number of nitrogens with zero attached hydrogens (tertiary/aromatic N) is 2. The minimum Gasteiger partial charge on any atom is -0.359 e. The fourth-order valence-electron chi connectivity index (χ4n) is 1.94. The Kier molecular flexibility index (Phi) is 2.52. The molecule has 1 aliphatic heterocycles. The molecular weight excluding hydrogens is 300 g/mol. The second-order valence-electron chi connectivity index (χ2n) is 3.83. The molecule has 0 bridgehead atoms. The molecule has 0 N–H and O–H groups in total. The summed E-state index contributed by atoms with van der Waals surface area (Å²) in [5.74, 6) is -0.519. The number of halogens is 1. The molecule has 2 aromatic rings. The van der Waals surface area contributed by atoms with Gasteiger partial charge in [-0.05, 0) is 28.1 Å². The molecule has 90 valence electrons. The fraction of sp³-hybridized carbons (Fsp3) is 0.0833. The smallest absolute Gasteiger partial charge is 0.299 e. The fourth-order valence-corrected chi connectivity index (χ4v) is 2.47. The average molecular weight is 307 g/mol. The number of anilines is 1. The molecular formula is C12H7BrN2O3. The molecule has 1 aromatic heterocycles. The molecule has 2 heterocycles. The van der Waals surface area contributed by atoms with Crippen LogP contribution in [0.15, 0.2) is 39.5 Å². The van der Waals surface area contributed by atoms with Crippen LogP contribution in [0.4, 0.5) is 5.69 Å². The summed E-state index contributed by atoms with van der Waals surface area (Å²) < 4.78 is 5.58. The summed E-state index contributed by atoms with van der Waals surface area (Å²) in [5, 5.41) is 3.57. The third-order valence-corrected chi connectivity index (χ3v) is 3.41. The number of aromatic nitrogens is 1. The molecule has 6 heteroatoms. The standard InChI is InChI=1S/C12H7BrN2O3/c13-8-2-1-3-9-10(8)11(16)12(17)15(9)6-7-4-5-14-18-7/h1-5H,6H2. The van der Waals surface area contributed by atoms with Crippen molar-refractivity contribution in [2.45, 2.75) is 6.54 Å². The molecule has 1 amide bonds. The Balaban J connectivity index is 2.05. The normalized spacial score (nSPS) is 14.2. The van der Waals surface area contributed by atoms with E-state index in [0.29, 0.717) is 21.5 Å². The van der Waals surface area contributed by atoms with Gasteiger partial charge in [0.05, 0.1) is 24.0 Å². The van der Waals surface area contributed by atoms with E-state index in [1.54, 1.807) is 24.3 Å². The molecule has 0 atom stereocenters. The van der Waals surface area contributed by atoms with Gasteiger partial charge in [-0.2, -0.15) is 0 Å². The van der Waals surface area contributed by atoms with E-state index < -0.39 is 11.7 Å². The van der Waals surface area contributed by atoms with Gasteiger partial charge in [0.2, 0.25) is 0 Å². The van der Waals surface area contributed by atoms with Gasteiger partial charge >= 0.3 is 0 Å². The van der Waals surface area contributed by atoms with Crippen LogP contribution in [0.5, 0.6) is 0 Å². The first-order chi connectivity index (χ1) is 8.68.